The molecule has 16 heavy (non-hydrogen) atoms. The Hall–Kier alpha value is -1.03. The number of hydrogen-bond acceptors (Lipinski definition) is 2. The summed E-state index contributed by atoms with van der Waals surface area (Å²) in [4.78, 5) is 12.5. The first-order valence-corrected chi connectivity index (χ1v) is 6.08. The third-order valence-corrected chi connectivity index (χ3v) is 3.07. The highest BCUT2D eigenvalue weighted by molar-refractivity contribution is 9.10. The predicted octanol–water partition coefficient (Wildman–Crippen LogP) is 3.14. The van der Waals surface area contributed by atoms with Crippen LogP contribution in [0.1, 0.15) is 19.3 Å². The summed E-state index contributed by atoms with van der Waals surface area (Å²) in [6.07, 6.45) is 1.87. The molecule has 0 radical (unpaired) electrons. The highest BCUT2D eigenvalue weighted by Gasteiger charge is 2.04. The monoisotopic (exact) mass is 285 g/mol. The standard InChI is InChI=1S/C12H16BrNO2/c1-14(9-5-4-8-12(15)16)11-7-3-2-6-10(11)13/h2-3,6-7H,4-5,8-9H2,1H3,(H,15,16). The van der Waals surface area contributed by atoms with Gasteiger partial charge in [-0.1, -0.05) is 12.1 Å². The van der Waals surface area contributed by atoms with E-state index in [1.165, 1.54) is 0 Å². The number of rotatable bonds is 6. The molecule has 88 valence electrons. The average molecular weight is 286 g/mol. The number of unbranched alkanes of at least 4 members (excludes halogenated alkanes) is 1. The number of carbonyl (C=O) groups is 1. The lowest BCUT2D eigenvalue weighted by Gasteiger charge is -2.20. The Labute approximate surface area is 104 Å². The Morgan fingerprint density at radius 2 is 2.06 bits per heavy atom. The minimum Gasteiger partial charge on any atom is -0.481 e. The maximum atomic E-state index is 10.3. The lowest BCUT2D eigenvalue weighted by atomic mass is 10.2. The van der Waals surface area contributed by atoms with Gasteiger partial charge >= 0.3 is 5.97 Å². The van der Waals surface area contributed by atoms with E-state index in [1.54, 1.807) is 0 Å². The molecule has 1 aromatic rings. The van der Waals surface area contributed by atoms with Gasteiger partial charge in [-0.2, -0.15) is 0 Å². The van der Waals surface area contributed by atoms with Crippen molar-refractivity contribution in [2.75, 3.05) is 18.5 Å². The Morgan fingerprint density at radius 3 is 2.69 bits per heavy atom. The van der Waals surface area contributed by atoms with E-state index in [0.29, 0.717) is 0 Å². The maximum absolute atomic E-state index is 10.3. The molecule has 0 aliphatic rings. The van der Waals surface area contributed by atoms with Crippen LogP contribution in [0, 0.1) is 0 Å². The van der Waals surface area contributed by atoms with Gasteiger partial charge in [0.1, 0.15) is 0 Å². The molecule has 0 aliphatic heterocycles. The third kappa shape index (κ3) is 4.23. The number of aliphatic carboxylic acids is 1. The Balaban J connectivity index is 2.38. The van der Waals surface area contributed by atoms with Gasteiger partial charge in [0.05, 0.1) is 5.69 Å². The van der Waals surface area contributed by atoms with Crippen molar-refractivity contribution in [2.45, 2.75) is 19.3 Å². The van der Waals surface area contributed by atoms with E-state index < -0.39 is 5.97 Å². The van der Waals surface area contributed by atoms with E-state index in [2.05, 4.69) is 20.8 Å². The molecule has 0 fully saturated rings. The summed E-state index contributed by atoms with van der Waals surface area (Å²) >= 11 is 3.49. The molecule has 1 aromatic carbocycles. The number of nitrogens with zero attached hydrogens (tertiary/aromatic N) is 1. The fourth-order valence-corrected chi connectivity index (χ4v) is 2.09. The zero-order chi connectivity index (χ0) is 12.0. The molecule has 0 bridgehead atoms. The molecule has 1 rings (SSSR count). The maximum Gasteiger partial charge on any atom is 0.303 e. The molecule has 1 N–H and O–H groups in total. The summed E-state index contributed by atoms with van der Waals surface area (Å²) in [5.41, 5.74) is 1.14. The second-order valence-corrected chi connectivity index (χ2v) is 4.58. The second-order valence-electron chi connectivity index (χ2n) is 3.72. The zero-order valence-corrected chi connectivity index (χ0v) is 10.9. The van der Waals surface area contributed by atoms with Gasteiger partial charge in [-0.25, -0.2) is 0 Å². The van der Waals surface area contributed by atoms with Crippen LogP contribution < -0.4 is 4.90 Å². The van der Waals surface area contributed by atoms with Gasteiger partial charge in [0.2, 0.25) is 0 Å². The van der Waals surface area contributed by atoms with Crippen molar-refractivity contribution in [3.63, 3.8) is 0 Å². The first kappa shape index (κ1) is 13.0. The van der Waals surface area contributed by atoms with Gasteiger partial charge in [0, 0.05) is 24.5 Å². The van der Waals surface area contributed by atoms with E-state index in [4.69, 9.17) is 5.11 Å². The summed E-state index contributed by atoms with van der Waals surface area (Å²) in [5.74, 6) is -0.719. The minimum absolute atomic E-state index is 0.254. The average Bonchev–Trinajstić information content (AvgIpc) is 2.24. The summed E-state index contributed by atoms with van der Waals surface area (Å²) in [6, 6.07) is 8.02. The number of halogens is 1. The second kappa shape index (κ2) is 6.53. The van der Waals surface area contributed by atoms with Crippen LogP contribution in [0.25, 0.3) is 0 Å². The van der Waals surface area contributed by atoms with Crippen LogP contribution in [0.3, 0.4) is 0 Å². The number of carboxylic acids is 1. The van der Waals surface area contributed by atoms with Gasteiger partial charge in [-0.3, -0.25) is 4.79 Å². The molecule has 0 aromatic heterocycles. The van der Waals surface area contributed by atoms with E-state index >= 15 is 0 Å². The van der Waals surface area contributed by atoms with Crippen molar-refractivity contribution in [3.8, 4) is 0 Å². The smallest absolute Gasteiger partial charge is 0.303 e. The zero-order valence-electron chi connectivity index (χ0n) is 9.32. The molecule has 0 aliphatic carbocycles. The lowest BCUT2D eigenvalue weighted by Crippen LogP contribution is -2.19. The van der Waals surface area contributed by atoms with Crippen molar-refractivity contribution >= 4 is 27.6 Å². The van der Waals surface area contributed by atoms with Crippen LogP contribution in [-0.2, 0) is 4.79 Å². The molecule has 4 heteroatoms. The van der Waals surface area contributed by atoms with Crippen LogP contribution in [0.4, 0.5) is 5.69 Å². The molecule has 0 amide bonds. The normalized spacial score (nSPS) is 10.1. The Bertz CT molecular complexity index is 355. The molecule has 0 spiro atoms. The Kier molecular flexibility index (Phi) is 5.32. The number of anilines is 1. The SMILES string of the molecule is CN(CCCCC(=O)O)c1ccccc1Br. The molecule has 3 nitrogen and oxygen atoms in total. The van der Waals surface area contributed by atoms with Crippen LogP contribution in [0.5, 0.6) is 0 Å². The number of hydrogen-bond donors (Lipinski definition) is 1. The van der Waals surface area contributed by atoms with Crippen LogP contribution in [0.15, 0.2) is 28.7 Å². The summed E-state index contributed by atoms with van der Waals surface area (Å²) in [6.45, 7) is 0.871. The quantitative estimate of drug-likeness (QED) is 0.817. The fourth-order valence-electron chi connectivity index (χ4n) is 1.51. The molecular formula is C12H16BrNO2. The van der Waals surface area contributed by atoms with Crippen LogP contribution in [0.2, 0.25) is 0 Å². The highest BCUT2D eigenvalue weighted by Crippen LogP contribution is 2.24. The topological polar surface area (TPSA) is 40.5 Å². The molecule has 0 unspecified atom stereocenters. The Morgan fingerprint density at radius 1 is 1.38 bits per heavy atom. The molecule has 0 saturated heterocycles. The minimum atomic E-state index is -0.719. The van der Waals surface area contributed by atoms with E-state index in [-0.39, 0.29) is 6.42 Å². The van der Waals surface area contributed by atoms with Crippen LogP contribution in [-0.4, -0.2) is 24.7 Å². The van der Waals surface area contributed by atoms with Crippen molar-refractivity contribution in [2.24, 2.45) is 0 Å². The first-order chi connectivity index (χ1) is 7.61. The number of para-hydroxylation sites is 1. The van der Waals surface area contributed by atoms with E-state index in [1.807, 2.05) is 31.3 Å². The molecular weight excluding hydrogens is 270 g/mol. The summed E-state index contributed by atoms with van der Waals surface area (Å²) in [5, 5.41) is 8.52. The fraction of sp³-hybridized carbons (Fsp3) is 0.417. The highest BCUT2D eigenvalue weighted by atomic mass is 79.9. The summed E-state index contributed by atoms with van der Waals surface area (Å²) in [7, 11) is 2.01. The van der Waals surface area contributed by atoms with Crippen LogP contribution >= 0.6 is 15.9 Å². The largest absolute Gasteiger partial charge is 0.481 e. The third-order valence-electron chi connectivity index (χ3n) is 2.40. The molecule has 0 saturated carbocycles. The van der Waals surface area contributed by atoms with Crippen molar-refractivity contribution in [1.29, 1.82) is 0 Å². The van der Waals surface area contributed by atoms with Gasteiger partial charge in [-0.15, -0.1) is 0 Å². The number of carboxylic acid groups (broad SMARTS) is 1. The van der Waals surface area contributed by atoms with Gasteiger partial charge in [-0.05, 0) is 40.9 Å². The predicted molar refractivity (Wildman–Crippen MR) is 68.9 cm³/mol. The molecule has 0 atom stereocenters. The van der Waals surface area contributed by atoms with Gasteiger partial charge in [0.25, 0.3) is 0 Å². The van der Waals surface area contributed by atoms with E-state index in [0.717, 1.165) is 29.5 Å². The van der Waals surface area contributed by atoms with Gasteiger partial charge in [0.15, 0.2) is 0 Å². The first-order valence-electron chi connectivity index (χ1n) is 5.28. The van der Waals surface area contributed by atoms with Crippen molar-refractivity contribution in [3.05, 3.63) is 28.7 Å². The number of benzene rings is 1. The van der Waals surface area contributed by atoms with Crippen molar-refractivity contribution < 1.29 is 9.90 Å². The van der Waals surface area contributed by atoms with Gasteiger partial charge < -0.3 is 10.0 Å². The molecule has 0 heterocycles. The summed E-state index contributed by atoms with van der Waals surface area (Å²) < 4.78 is 1.07. The lowest BCUT2D eigenvalue weighted by molar-refractivity contribution is -0.137. The van der Waals surface area contributed by atoms with E-state index in [9.17, 15) is 4.79 Å². The van der Waals surface area contributed by atoms with Crippen molar-refractivity contribution in [1.82, 2.24) is 0 Å².